The summed E-state index contributed by atoms with van der Waals surface area (Å²) in [6.07, 6.45) is -8.79. The Hall–Kier alpha value is -1.56. The molecular formula is C9H14F6N2O4. The molecule has 1 aliphatic heterocycles. The molecule has 2 N–H and O–H groups in total. The number of hydrogen-bond donors (Lipinski definition) is 2. The van der Waals surface area contributed by atoms with E-state index in [9.17, 15) is 26.3 Å². The normalized spacial score (nSPS) is 15.1. The van der Waals surface area contributed by atoms with Gasteiger partial charge in [-0.1, -0.05) is 0 Å². The minimum absolute atomic E-state index is 1.26. The Bertz CT molecular complexity index is 314. The first kappa shape index (κ1) is 21.7. The van der Waals surface area contributed by atoms with E-state index in [0.717, 1.165) is 0 Å². The van der Waals surface area contributed by atoms with Gasteiger partial charge < -0.3 is 10.2 Å². The van der Waals surface area contributed by atoms with E-state index in [1.807, 2.05) is 0 Å². The summed E-state index contributed by atoms with van der Waals surface area (Å²) < 4.78 is 63.5. The zero-order valence-electron chi connectivity index (χ0n) is 11.0. The average molecular weight is 328 g/mol. The fraction of sp³-hybridized carbons (Fsp3) is 0.778. The summed E-state index contributed by atoms with van der Waals surface area (Å²) >= 11 is 0. The fourth-order valence-electron chi connectivity index (χ4n) is 0.700. The molecule has 0 bridgehead atoms. The molecule has 0 aromatic carbocycles. The molecule has 0 spiro atoms. The number of nitrogens with zero attached hydrogens (tertiary/aromatic N) is 2. The third-order valence-electron chi connectivity index (χ3n) is 1.88. The Morgan fingerprint density at radius 2 is 1.14 bits per heavy atom. The van der Waals surface area contributed by atoms with Gasteiger partial charge in [0, 0.05) is 27.2 Å². The van der Waals surface area contributed by atoms with Crippen LogP contribution in [-0.2, 0) is 9.59 Å². The molecule has 0 amide bonds. The molecule has 0 aromatic heterocycles. The lowest BCUT2D eigenvalue weighted by molar-refractivity contribution is -0.193. The molecule has 0 aliphatic carbocycles. The minimum Gasteiger partial charge on any atom is -0.475 e. The van der Waals surface area contributed by atoms with Crippen molar-refractivity contribution < 1.29 is 46.1 Å². The molecule has 126 valence electrons. The van der Waals surface area contributed by atoms with E-state index in [-0.39, 0.29) is 0 Å². The SMILES string of the molecule is CN(C)N1CCC1.O=C(O)C(F)(F)F.O=C(O)C(F)(F)F. The monoisotopic (exact) mass is 328 g/mol. The summed E-state index contributed by atoms with van der Waals surface area (Å²) in [5.74, 6) is -5.51. The van der Waals surface area contributed by atoms with Gasteiger partial charge in [-0.3, -0.25) is 0 Å². The lowest BCUT2D eigenvalue weighted by Gasteiger charge is -2.36. The van der Waals surface area contributed by atoms with Crippen molar-refractivity contribution in [1.82, 2.24) is 10.0 Å². The lowest BCUT2D eigenvalue weighted by Crippen LogP contribution is -2.46. The van der Waals surface area contributed by atoms with E-state index in [2.05, 4.69) is 24.1 Å². The maximum atomic E-state index is 10.6. The second-order valence-corrected chi connectivity index (χ2v) is 3.76. The Kier molecular flexibility index (Phi) is 8.97. The second kappa shape index (κ2) is 8.67. The van der Waals surface area contributed by atoms with Gasteiger partial charge >= 0.3 is 24.3 Å². The van der Waals surface area contributed by atoms with Gasteiger partial charge in [0.2, 0.25) is 0 Å². The van der Waals surface area contributed by atoms with Crippen LogP contribution in [0.15, 0.2) is 0 Å². The zero-order chi connectivity index (χ0) is 17.4. The van der Waals surface area contributed by atoms with Crippen LogP contribution in [0.1, 0.15) is 6.42 Å². The summed E-state index contributed by atoms with van der Waals surface area (Å²) in [5.41, 5.74) is 0. The van der Waals surface area contributed by atoms with Crippen LogP contribution in [0.5, 0.6) is 0 Å². The molecule has 1 rings (SSSR count). The number of carboxylic acid groups (broad SMARTS) is 2. The number of rotatable bonds is 1. The van der Waals surface area contributed by atoms with Crippen molar-refractivity contribution >= 4 is 11.9 Å². The number of carbonyl (C=O) groups is 2. The maximum Gasteiger partial charge on any atom is 0.490 e. The fourth-order valence-corrected chi connectivity index (χ4v) is 0.700. The van der Waals surface area contributed by atoms with Gasteiger partial charge in [-0.25, -0.2) is 19.6 Å². The van der Waals surface area contributed by atoms with Gasteiger partial charge in [-0.2, -0.15) is 26.3 Å². The van der Waals surface area contributed by atoms with Crippen LogP contribution in [-0.4, -0.2) is 71.7 Å². The smallest absolute Gasteiger partial charge is 0.475 e. The van der Waals surface area contributed by atoms with Crippen LogP contribution in [0, 0.1) is 0 Å². The van der Waals surface area contributed by atoms with E-state index in [1.54, 1.807) is 0 Å². The Morgan fingerprint density at radius 3 is 1.14 bits per heavy atom. The summed E-state index contributed by atoms with van der Waals surface area (Å²) in [6.45, 7) is 2.51. The molecule has 1 fully saturated rings. The molecular weight excluding hydrogens is 314 g/mol. The van der Waals surface area contributed by atoms with Gasteiger partial charge in [-0.05, 0) is 6.42 Å². The molecule has 6 nitrogen and oxygen atoms in total. The minimum atomic E-state index is -5.08. The average Bonchev–Trinajstić information content (AvgIpc) is 2.11. The van der Waals surface area contributed by atoms with Crippen LogP contribution in [0.25, 0.3) is 0 Å². The highest BCUT2D eigenvalue weighted by molar-refractivity contribution is 5.73. The van der Waals surface area contributed by atoms with Crippen LogP contribution >= 0.6 is 0 Å². The third-order valence-corrected chi connectivity index (χ3v) is 1.88. The van der Waals surface area contributed by atoms with Gasteiger partial charge in [0.05, 0.1) is 0 Å². The summed E-state index contributed by atoms with van der Waals surface area (Å²) in [4.78, 5) is 17.8. The number of hydrogen-bond acceptors (Lipinski definition) is 4. The molecule has 1 heterocycles. The molecule has 21 heavy (non-hydrogen) atoms. The van der Waals surface area contributed by atoms with Gasteiger partial charge in [0.25, 0.3) is 0 Å². The highest BCUT2D eigenvalue weighted by Gasteiger charge is 2.38. The van der Waals surface area contributed by atoms with Gasteiger partial charge in [0.1, 0.15) is 0 Å². The van der Waals surface area contributed by atoms with Crippen LogP contribution < -0.4 is 0 Å². The van der Waals surface area contributed by atoms with Crippen molar-refractivity contribution in [2.75, 3.05) is 27.2 Å². The van der Waals surface area contributed by atoms with E-state index in [0.29, 0.717) is 0 Å². The molecule has 12 heteroatoms. The van der Waals surface area contributed by atoms with Crippen molar-refractivity contribution in [2.45, 2.75) is 18.8 Å². The van der Waals surface area contributed by atoms with E-state index in [1.165, 1.54) is 19.5 Å². The largest absolute Gasteiger partial charge is 0.490 e. The number of halogens is 6. The number of alkyl halides is 6. The van der Waals surface area contributed by atoms with Crippen molar-refractivity contribution in [3.63, 3.8) is 0 Å². The summed E-state index contributed by atoms with van der Waals surface area (Å²) in [7, 11) is 4.16. The highest BCUT2D eigenvalue weighted by atomic mass is 19.4. The topological polar surface area (TPSA) is 81.1 Å². The molecule has 0 saturated carbocycles. The van der Waals surface area contributed by atoms with Crippen molar-refractivity contribution in [1.29, 1.82) is 0 Å². The predicted molar refractivity (Wildman–Crippen MR) is 57.3 cm³/mol. The van der Waals surface area contributed by atoms with E-state index < -0.39 is 24.3 Å². The molecule has 1 saturated heterocycles. The van der Waals surface area contributed by atoms with Gasteiger partial charge in [-0.15, -0.1) is 0 Å². The number of aliphatic carboxylic acids is 2. The van der Waals surface area contributed by atoms with Gasteiger partial charge in [0.15, 0.2) is 0 Å². The van der Waals surface area contributed by atoms with Crippen molar-refractivity contribution in [3.05, 3.63) is 0 Å². The van der Waals surface area contributed by atoms with E-state index in [4.69, 9.17) is 19.8 Å². The molecule has 0 unspecified atom stereocenters. The van der Waals surface area contributed by atoms with Crippen LogP contribution in [0.3, 0.4) is 0 Å². The molecule has 0 radical (unpaired) electrons. The Morgan fingerprint density at radius 1 is 0.905 bits per heavy atom. The maximum absolute atomic E-state index is 10.6. The highest BCUT2D eigenvalue weighted by Crippen LogP contribution is 2.13. The molecule has 1 aliphatic rings. The van der Waals surface area contributed by atoms with Crippen molar-refractivity contribution in [3.8, 4) is 0 Å². The van der Waals surface area contributed by atoms with Crippen LogP contribution in [0.4, 0.5) is 26.3 Å². The zero-order valence-corrected chi connectivity index (χ0v) is 11.0. The lowest BCUT2D eigenvalue weighted by atomic mass is 10.3. The van der Waals surface area contributed by atoms with E-state index >= 15 is 0 Å². The first-order valence-electron chi connectivity index (χ1n) is 5.22. The first-order valence-corrected chi connectivity index (χ1v) is 5.22. The second-order valence-electron chi connectivity index (χ2n) is 3.76. The standard InChI is InChI=1S/C5H12N2.2C2HF3O2/c1-6(2)7-4-3-5-7;2*3-2(4,5)1(6)7/h3-5H2,1-2H3;2*(H,6,7). The summed E-state index contributed by atoms with van der Waals surface area (Å²) in [5, 5.41) is 18.7. The molecule has 0 aromatic rings. The number of hydrazine groups is 1. The van der Waals surface area contributed by atoms with Crippen LogP contribution in [0.2, 0.25) is 0 Å². The Balaban J connectivity index is 0. The van der Waals surface area contributed by atoms with Crippen molar-refractivity contribution in [2.24, 2.45) is 0 Å². The summed E-state index contributed by atoms with van der Waals surface area (Å²) in [6, 6.07) is 0. The predicted octanol–water partition coefficient (Wildman–Crippen LogP) is 1.44. The number of carboxylic acids is 2. The third kappa shape index (κ3) is 11.9. The molecule has 0 atom stereocenters. The Labute approximate surface area is 115 Å². The first-order chi connectivity index (χ1) is 9.19. The quantitative estimate of drug-likeness (QED) is 0.709.